The first-order valence-corrected chi connectivity index (χ1v) is 12.6. The fourth-order valence-electron chi connectivity index (χ4n) is 4.68. The Balaban J connectivity index is 1.46. The van der Waals surface area contributed by atoms with Gasteiger partial charge in [0, 0.05) is 25.6 Å². The molecule has 0 unspecified atom stereocenters. The van der Waals surface area contributed by atoms with Crippen molar-refractivity contribution in [2.75, 3.05) is 5.73 Å². The second kappa shape index (κ2) is 9.95. The summed E-state index contributed by atoms with van der Waals surface area (Å²) in [5, 5.41) is 11.9. The number of carbonyl (C=O) groups excluding carboxylic acids is 1. The number of carbonyl (C=O) groups is 1. The number of aryl methyl sites for hydroxylation is 1. The number of nitrogens with one attached hydrogen (secondary N) is 1. The normalized spacial score (nSPS) is 12.3. The molecule has 0 aliphatic carbocycles. The number of hydrogen-bond acceptors (Lipinski definition) is 7. The highest BCUT2D eigenvalue weighted by Gasteiger charge is 2.24. The molecule has 11 heteroatoms. The first-order valence-electron chi connectivity index (χ1n) is 12.6. The van der Waals surface area contributed by atoms with Gasteiger partial charge in [-0.2, -0.15) is 5.10 Å². The maximum atomic E-state index is 14.1. The number of aromatic nitrogens is 7. The lowest BCUT2D eigenvalue weighted by Gasteiger charge is -2.20. The Morgan fingerprint density at radius 2 is 1.82 bits per heavy atom. The van der Waals surface area contributed by atoms with Crippen LogP contribution >= 0.6 is 0 Å². The summed E-state index contributed by atoms with van der Waals surface area (Å²) in [5.41, 5.74) is 8.90. The van der Waals surface area contributed by atoms with Gasteiger partial charge in [-0.25, -0.2) is 14.5 Å². The second-order valence-electron chi connectivity index (χ2n) is 9.28. The summed E-state index contributed by atoms with van der Waals surface area (Å²) < 4.78 is 4.69. The molecule has 0 spiro atoms. The highest BCUT2D eigenvalue weighted by molar-refractivity contribution is 6.04. The van der Waals surface area contributed by atoms with Gasteiger partial charge in [-0.3, -0.25) is 18.8 Å². The standard InChI is InChI=1S/C29H25N9O2/c1-18(32-28(39)24-25(30)35-37-16-7-15-31-27(24)37)26-33-22-11-6-8-19(12-13-20-14-17-36(2)34-20)23(22)29(40)38(26)21-9-4-3-5-10-21/h3-18H,1-2H3,(H2,30,35)(H,32,39)/t18-/m1/s1. The average Bonchev–Trinajstić information content (AvgIpc) is 3.53. The van der Waals surface area contributed by atoms with E-state index >= 15 is 0 Å². The van der Waals surface area contributed by atoms with Gasteiger partial charge in [0.25, 0.3) is 11.5 Å². The first-order chi connectivity index (χ1) is 19.4. The lowest BCUT2D eigenvalue weighted by atomic mass is 10.1. The topological polar surface area (TPSA) is 138 Å². The van der Waals surface area contributed by atoms with Gasteiger partial charge in [0.2, 0.25) is 0 Å². The number of nitrogen functional groups attached to an aromatic ring is 1. The molecule has 3 N–H and O–H groups in total. The average molecular weight is 532 g/mol. The van der Waals surface area contributed by atoms with E-state index in [2.05, 4.69) is 20.5 Å². The Bertz CT molecular complexity index is 1970. The zero-order chi connectivity index (χ0) is 27.8. The number of rotatable bonds is 6. The number of fused-ring (bicyclic) bond motifs is 2. The molecule has 198 valence electrons. The molecule has 2 aromatic carbocycles. The SMILES string of the molecule is C[C@@H](NC(=O)c1c(N)nn2cccnc12)c1nc2cccc(C=Cc3ccn(C)n3)c2c(=O)n1-c1ccccc1. The summed E-state index contributed by atoms with van der Waals surface area (Å²) in [4.78, 5) is 36.7. The van der Waals surface area contributed by atoms with Crippen LogP contribution in [0.25, 0.3) is 34.4 Å². The number of hydrogen-bond donors (Lipinski definition) is 2. The molecule has 1 amide bonds. The molecule has 4 aromatic heterocycles. The monoisotopic (exact) mass is 531 g/mol. The van der Waals surface area contributed by atoms with Gasteiger partial charge < -0.3 is 11.1 Å². The quantitative estimate of drug-likeness (QED) is 0.336. The van der Waals surface area contributed by atoms with E-state index < -0.39 is 11.9 Å². The van der Waals surface area contributed by atoms with E-state index in [0.29, 0.717) is 33.6 Å². The number of benzene rings is 2. The van der Waals surface area contributed by atoms with E-state index in [9.17, 15) is 9.59 Å². The molecular weight excluding hydrogens is 506 g/mol. The van der Waals surface area contributed by atoms with Crippen molar-refractivity contribution in [3.05, 3.63) is 112 Å². The van der Waals surface area contributed by atoms with Crippen molar-refractivity contribution in [1.82, 2.24) is 39.2 Å². The molecule has 0 fully saturated rings. The highest BCUT2D eigenvalue weighted by atomic mass is 16.2. The van der Waals surface area contributed by atoms with Gasteiger partial charge in [-0.05, 0) is 48.9 Å². The number of nitrogens with zero attached hydrogens (tertiary/aromatic N) is 7. The predicted molar refractivity (Wildman–Crippen MR) is 153 cm³/mol. The van der Waals surface area contributed by atoms with Crippen molar-refractivity contribution < 1.29 is 4.79 Å². The van der Waals surface area contributed by atoms with Crippen LogP contribution in [0.1, 0.15) is 40.4 Å². The van der Waals surface area contributed by atoms with Gasteiger partial charge in [0.15, 0.2) is 11.5 Å². The molecule has 0 saturated heterocycles. The Morgan fingerprint density at radius 3 is 2.60 bits per heavy atom. The molecular formula is C29H25N9O2. The van der Waals surface area contributed by atoms with Crippen molar-refractivity contribution in [1.29, 1.82) is 0 Å². The maximum absolute atomic E-state index is 14.1. The molecule has 40 heavy (non-hydrogen) atoms. The van der Waals surface area contributed by atoms with Gasteiger partial charge >= 0.3 is 0 Å². The van der Waals surface area contributed by atoms with E-state index in [1.807, 2.05) is 73.9 Å². The number of anilines is 1. The van der Waals surface area contributed by atoms with Crippen molar-refractivity contribution in [2.45, 2.75) is 13.0 Å². The van der Waals surface area contributed by atoms with Crippen LogP contribution in [0.4, 0.5) is 5.82 Å². The number of nitrogens with two attached hydrogens (primary N) is 1. The maximum Gasteiger partial charge on any atom is 0.266 e. The molecule has 6 rings (SSSR count). The molecule has 0 aliphatic heterocycles. The minimum absolute atomic E-state index is 0.0552. The number of para-hydroxylation sites is 1. The lowest BCUT2D eigenvalue weighted by molar-refractivity contribution is 0.0940. The molecule has 0 aliphatic rings. The summed E-state index contributed by atoms with van der Waals surface area (Å²) in [5.74, 6) is -0.0507. The fourth-order valence-corrected chi connectivity index (χ4v) is 4.68. The van der Waals surface area contributed by atoms with Crippen LogP contribution < -0.4 is 16.6 Å². The predicted octanol–water partition coefficient (Wildman–Crippen LogP) is 3.41. The zero-order valence-corrected chi connectivity index (χ0v) is 21.8. The molecule has 4 heterocycles. The van der Waals surface area contributed by atoms with Gasteiger partial charge in [-0.15, -0.1) is 5.10 Å². The minimum atomic E-state index is -0.671. The molecule has 0 bridgehead atoms. The van der Waals surface area contributed by atoms with Crippen LogP contribution in [0, 0.1) is 0 Å². The Labute approximate surface area is 228 Å². The third-order valence-electron chi connectivity index (χ3n) is 6.52. The fraction of sp³-hybridized carbons (Fsp3) is 0.103. The van der Waals surface area contributed by atoms with Crippen molar-refractivity contribution >= 4 is 40.4 Å². The van der Waals surface area contributed by atoms with E-state index in [4.69, 9.17) is 10.7 Å². The Morgan fingerprint density at radius 1 is 1.00 bits per heavy atom. The van der Waals surface area contributed by atoms with E-state index in [-0.39, 0.29) is 16.9 Å². The van der Waals surface area contributed by atoms with Crippen LogP contribution in [0.2, 0.25) is 0 Å². The van der Waals surface area contributed by atoms with Gasteiger partial charge in [-0.1, -0.05) is 36.4 Å². The van der Waals surface area contributed by atoms with Gasteiger partial charge in [0.05, 0.1) is 28.3 Å². The van der Waals surface area contributed by atoms with Crippen LogP contribution in [0.5, 0.6) is 0 Å². The van der Waals surface area contributed by atoms with Crippen LogP contribution in [-0.4, -0.2) is 39.8 Å². The van der Waals surface area contributed by atoms with Gasteiger partial charge in [0.1, 0.15) is 11.4 Å². The zero-order valence-electron chi connectivity index (χ0n) is 21.8. The summed E-state index contributed by atoms with van der Waals surface area (Å²) in [6, 6.07) is 17.6. The van der Waals surface area contributed by atoms with E-state index in [0.717, 1.165) is 5.69 Å². The lowest BCUT2D eigenvalue weighted by Crippen LogP contribution is -2.33. The largest absolute Gasteiger partial charge is 0.381 e. The van der Waals surface area contributed by atoms with Crippen molar-refractivity contribution in [3.8, 4) is 5.69 Å². The van der Waals surface area contributed by atoms with Crippen molar-refractivity contribution in [3.63, 3.8) is 0 Å². The van der Waals surface area contributed by atoms with Crippen LogP contribution in [-0.2, 0) is 7.05 Å². The van der Waals surface area contributed by atoms with E-state index in [1.54, 1.807) is 36.1 Å². The Hall–Kier alpha value is -5.58. The summed E-state index contributed by atoms with van der Waals surface area (Å²) in [6.07, 6.45) is 8.79. The minimum Gasteiger partial charge on any atom is -0.381 e. The second-order valence-corrected chi connectivity index (χ2v) is 9.28. The smallest absolute Gasteiger partial charge is 0.266 e. The molecule has 1 atom stereocenters. The molecule has 11 nitrogen and oxygen atoms in total. The summed E-state index contributed by atoms with van der Waals surface area (Å²) in [7, 11) is 1.85. The van der Waals surface area contributed by atoms with Crippen molar-refractivity contribution in [2.24, 2.45) is 7.05 Å². The molecule has 6 aromatic rings. The third-order valence-corrected chi connectivity index (χ3v) is 6.52. The summed E-state index contributed by atoms with van der Waals surface area (Å²) in [6.45, 7) is 1.77. The third kappa shape index (κ3) is 4.39. The first kappa shape index (κ1) is 24.7. The van der Waals surface area contributed by atoms with E-state index in [1.165, 1.54) is 9.08 Å². The summed E-state index contributed by atoms with van der Waals surface area (Å²) >= 11 is 0. The highest BCUT2D eigenvalue weighted by Crippen LogP contribution is 2.23. The Kier molecular flexibility index (Phi) is 6.15. The van der Waals surface area contributed by atoms with Crippen LogP contribution in [0.3, 0.4) is 0 Å². The van der Waals surface area contributed by atoms with Crippen LogP contribution in [0.15, 0.2) is 84.0 Å². The molecule has 0 saturated carbocycles. The number of amides is 1. The molecule has 0 radical (unpaired) electrons.